The molecule has 2 aliphatic rings. The van der Waals surface area contributed by atoms with Crippen LogP contribution in [0.5, 0.6) is 0 Å². The van der Waals surface area contributed by atoms with Crippen molar-refractivity contribution < 1.29 is 22.8 Å². The molecule has 10 heteroatoms. The molecule has 9 nitrogen and oxygen atoms in total. The maximum atomic E-state index is 13.3. The normalized spacial score (nSPS) is 18.6. The summed E-state index contributed by atoms with van der Waals surface area (Å²) >= 11 is 0. The molecule has 0 aliphatic carbocycles. The van der Waals surface area contributed by atoms with E-state index in [1.807, 2.05) is 6.92 Å². The van der Waals surface area contributed by atoms with Gasteiger partial charge < -0.3 is 15.5 Å². The van der Waals surface area contributed by atoms with Crippen LogP contribution in [0.3, 0.4) is 0 Å². The first-order chi connectivity index (χ1) is 16.6. The molecule has 1 saturated heterocycles. The summed E-state index contributed by atoms with van der Waals surface area (Å²) in [5.41, 5.74) is 2.44. The molecule has 2 aliphatic heterocycles. The van der Waals surface area contributed by atoms with E-state index in [9.17, 15) is 22.8 Å². The summed E-state index contributed by atoms with van der Waals surface area (Å²) in [5, 5.41) is 5.41. The fourth-order valence-corrected chi connectivity index (χ4v) is 6.37. The monoisotopic (exact) mass is 498 g/mol. The van der Waals surface area contributed by atoms with Gasteiger partial charge in [0.15, 0.2) is 0 Å². The number of carbonyl (C=O) groups excluding carboxylic acids is 3. The maximum absolute atomic E-state index is 13.3. The number of carbonyl (C=O) groups is 3. The summed E-state index contributed by atoms with van der Waals surface area (Å²) in [4.78, 5) is 38.1. The first kappa shape index (κ1) is 24.9. The topological polar surface area (TPSA) is 116 Å². The van der Waals surface area contributed by atoms with E-state index >= 15 is 0 Å². The van der Waals surface area contributed by atoms with E-state index in [0.29, 0.717) is 30.0 Å². The zero-order valence-electron chi connectivity index (χ0n) is 19.9. The van der Waals surface area contributed by atoms with E-state index in [4.69, 9.17) is 0 Å². The largest absolute Gasteiger partial charge is 0.326 e. The molecule has 186 valence electrons. The summed E-state index contributed by atoms with van der Waals surface area (Å²) in [6.07, 6.45) is 3.35. The summed E-state index contributed by atoms with van der Waals surface area (Å²) in [6, 6.07) is 11.4. The summed E-state index contributed by atoms with van der Waals surface area (Å²) in [5.74, 6) is -0.753. The minimum atomic E-state index is -3.63. The van der Waals surface area contributed by atoms with Gasteiger partial charge in [-0.15, -0.1) is 0 Å². The number of hydrogen-bond acceptors (Lipinski definition) is 5. The second kappa shape index (κ2) is 10.2. The van der Waals surface area contributed by atoms with Gasteiger partial charge in [-0.2, -0.15) is 4.31 Å². The van der Waals surface area contributed by atoms with E-state index in [1.165, 1.54) is 17.9 Å². The molecule has 35 heavy (non-hydrogen) atoms. The van der Waals surface area contributed by atoms with Crippen molar-refractivity contribution in [3.05, 3.63) is 48.0 Å². The zero-order chi connectivity index (χ0) is 25.2. The lowest BCUT2D eigenvalue weighted by molar-refractivity contribution is -0.121. The molecule has 0 unspecified atom stereocenters. The quantitative estimate of drug-likeness (QED) is 0.635. The lowest BCUT2D eigenvalue weighted by Crippen LogP contribution is -2.42. The van der Waals surface area contributed by atoms with Gasteiger partial charge in [-0.05, 0) is 74.2 Å². The Morgan fingerprint density at radius 3 is 2.34 bits per heavy atom. The van der Waals surface area contributed by atoms with Crippen LogP contribution in [0.1, 0.15) is 45.1 Å². The number of rotatable bonds is 6. The van der Waals surface area contributed by atoms with Crippen LogP contribution in [0.4, 0.5) is 17.1 Å². The molecule has 0 radical (unpaired) electrons. The first-order valence-electron chi connectivity index (χ1n) is 11.8. The second-order valence-electron chi connectivity index (χ2n) is 9.04. The van der Waals surface area contributed by atoms with Crippen molar-refractivity contribution in [3.63, 3.8) is 0 Å². The molecule has 3 amide bonds. The highest BCUT2D eigenvalue weighted by Crippen LogP contribution is 2.32. The van der Waals surface area contributed by atoms with Gasteiger partial charge in [0.05, 0.1) is 4.90 Å². The highest BCUT2D eigenvalue weighted by atomic mass is 32.2. The van der Waals surface area contributed by atoms with Crippen molar-refractivity contribution in [2.75, 3.05) is 28.6 Å². The summed E-state index contributed by atoms with van der Waals surface area (Å²) in [7, 11) is -3.63. The van der Waals surface area contributed by atoms with Crippen LogP contribution in [0, 0.1) is 0 Å². The number of anilines is 3. The van der Waals surface area contributed by atoms with Gasteiger partial charge in [-0.25, -0.2) is 8.42 Å². The van der Waals surface area contributed by atoms with Gasteiger partial charge >= 0.3 is 0 Å². The van der Waals surface area contributed by atoms with E-state index in [-0.39, 0.29) is 41.6 Å². The number of piperidine rings is 1. The Morgan fingerprint density at radius 1 is 1.00 bits per heavy atom. The Bertz CT molecular complexity index is 1240. The van der Waals surface area contributed by atoms with Gasteiger partial charge in [0, 0.05) is 43.0 Å². The highest BCUT2D eigenvalue weighted by molar-refractivity contribution is 7.89. The smallest absolute Gasteiger partial charge is 0.244 e. The van der Waals surface area contributed by atoms with Crippen LogP contribution in [0.15, 0.2) is 47.4 Å². The molecule has 0 spiro atoms. The van der Waals surface area contributed by atoms with Crippen molar-refractivity contribution in [2.24, 2.45) is 0 Å². The fraction of sp³-hybridized carbons (Fsp3) is 0.400. The number of fused-ring (bicyclic) bond motifs is 1. The van der Waals surface area contributed by atoms with Gasteiger partial charge in [0.25, 0.3) is 0 Å². The van der Waals surface area contributed by atoms with Crippen molar-refractivity contribution in [3.8, 4) is 0 Å². The average Bonchev–Trinajstić information content (AvgIpc) is 2.81. The number of sulfonamides is 1. The Morgan fingerprint density at radius 2 is 1.69 bits per heavy atom. The third-order valence-corrected chi connectivity index (χ3v) is 8.40. The molecule has 1 atom stereocenters. The molecular weight excluding hydrogens is 468 g/mol. The minimum absolute atomic E-state index is 0.0427. The Labute approximate surface area is 205 Å². The highest BCUT2D eigenvalue weighted by Gasteiger charge is 2.33. The van der Waals surface area contributed by atoms with Crippen LogP contribution in [0.25, 0.3) is 0 Å². The lowest BCUT2D eigenvalue weighted by Gasteiger charge is -2.33. The second-order valence-corrected chi connectivity index (χ2v) is 10.9. The Hall–Kier alpha value is -3.24. The standard InChI is InChI=1S/C25H30N4O5S/c1-17-5-3-4-14-29(17)35(33,34)22-11-12-23-19(15-22)6-13-25(32)28(23)16-24(31)27-21-9-7-20(8-10-21)26-18(2)30/h7-12,15,17H,3-6,13-14,16H2,1-2H3,(H,26,30)(H,27,31)/t17-/m1/s1. The molecule has 0 aromatic heterocycles. The van der Waals surface area contributed by atoms with E-state index in [2.05, 4.69) is 10.6 Å². The molecule has 1 fully saturated rings. The third-order valence-electron chi connectivity index (χ3n) is 6.39. The maximum Gasteiger partial charge on any atom is 0.244 e. The van der Waals surface area contributed by atoms with E-state index in [1.54, 1.807) is 40.7 Å². The van der Waals surface area contributed by atoms with Crippen molar-refractivity contribution >= 4 is 44.8 Å². The van der Waals surface area contributed by atoms with E-state index in [0.717, 1.165) is 24.8 Å². The van der Waals surface area contributed by atoms with Crippen LogP contribution < -0.4 is 15.5 Å². The molecule has 0 saturated carbocycles. The molecular formula is C25H30N4O5S. The number of benzene rings is 2. The number of nitrogens with zero attached hydrogens (tertiary/aromatic N) is 2. The third kappa shape index (κ3) is 5.54. The predicted molar refractivity (Wildman–Crippen MR) is 134 cm³/mol. The van der Waals surface area contributed by atoms with Crippen molar-refractivity contribution in [1.82, 2.24) is 4.31 Å². The lowest BCUT2D eigenvalue weighted by atomic mass is 10.0. The average molecular weight is 499 g/mol. The number of aryl methyl sites for hydroxylation is 1. The molecule has 2 aromatic rings. The molecule has 2 N–H and O–H groups in total. The van der Waals surface area contributed by atoms with Gasteiger partial charge in [0.2, 0.25) is 27.7 Å². The molecule has 4 rings (SSSR count). The van der Waals surface area contributed by atoms with Gasteiger partial charge in [-0.3, -0.25) is 14.4 Å². The molecule has 2 aromatic carbocycles. The molecule has 2 heterocycles. The number of hydrogen-bond donors (Lipinski definition) is 2. The van der Waals surface area contributed by atoms with Crippen molar-refractivity contribution in [1.29, 1.82) is 0 Å². The summed E-state index contributed by atoms with van der Waals surface area (Å²) in [6.45, 7) is 3.67. The fourth-order valence-electron chi connectivity index (χ4n) is 4.62. The SMILES string of the molecule is CC(=O)Nc1ccc(NC(=O)CN2C(=O)CCc3cc(S(=O)(=O)N4CCCC[C@H]4C)ccc32)cc1. The number of nitrogens with one attached hydrogen (secondary N) is 2. The van der Waals surface area contributed by atoms with Crippen LogP contribution in [0.2, 0.25) is 0 Å². The van der Waals surface area contributed by atoms with Crippen LogP contribution in [-0.4, -0.2) is 49.6 Å². The summed E-state index contributed by atoms with van der Waals surface area (Å²) < 4.78 is 28.1. The Balaban J connectivity index is 1.49. The van der Waals surface area contributed by atoms with Crippen LogP contribution in [-0.2, 0) is 30.8 Å². The Kier molecular flexibility index (Phi) is 7.23. The zero-order valence-corrected chi connectivity index (χ0v) is 20.7. The first-order valence-corrected chi connectivity index (χ1v) is 13.2. The van der Waals surface area contributed by atoms with Gasteiger partial charge in [0.1, 0.15) is 6.54 Å². The number of amides is 3. The van der Waals surface area contributed by atoms with Crippen molar-refractivity contribution in [2.45, 2.75) is 56.9 Å². The molecule has 0 bridgehead atoms. The minimum Gasteiger partial charge on any atom is -0.326 e. The van der Waals surface area contributed by atoms with Gasteiger partial charge in [-0.1, -0.05) is 6.42 Å². The van der Waals surface area contributed by atoms with Crippen LogP contribution >= 0.6 is 0 Å². The van der Waals surface area contributed by atoms with E-state index < -0.39 is 10.0 Å². The predicted octanol–water partition coefficient (Wildman–Crippen LogP) is 3.13.